The second-order valence-electron chi connectivity index (χ2n) is 7.38. The summed E-state index contributed by atoms with van der Waals surface area (Å²) >= 11 is 3.01. The van der Waals surface area contributed by atoms with Crippen molar-refractivity contribution >= 4 is 39.2 Å². The molecule has 148 valence electrons. The van der Waals surface area contributed by atoms with Crippen molar-refractivity contribution < 1.29 is 4.79 Å². The molecule has 0 radical (unpaired) electrons. The topological polar surface area (TPSA) is 78.7 Å². The first-order chi connectivity index (χ1) is 14.1. The molecule has 1 N–H and O–H groups in total. The van der Waals surface area contributed by atoms with Crippen molar-refractivity contribution in [2.45, 2.75) is 54.8 Å². The minimum absolute atomic E-state index is 0.110. The molecule has 1 saturated carbocycles. The number of nitriles is 1. The summed E-state index contributed by atoms with van der Waals surface area (Å²) in [5.74, 6) is -0.110. The van der Waals surface area contributed by atoms with Gasteiger partial charge in [0.25, 0.3) is 0 Å². The number of nitrogens with zero attached hydrogens (tertiary/aromatic N) is 3. The molecule has 2 aromatic heterocycles. The van der Waals surface area contributed by atoms with Crippen molar-refractivity contribution in [3.05, 3.63) is 42.0 Å². The Labute approximate surface area is 178 Å². The molecular weight excluding hydrogens is 400 g/mol. The van der Waals surface area contributed by atoms with Crippen LogP contribution in [0.2, 0.25) is 0 Å². The lowest BCUT2D eigenvalue weighted by Gasteiger charge is -2.32. The van der Waals surface area contributed by atoms with E-state index in [1.807, 2.05) is 25.1 Å². The highest BCUT2D eigenvalue weighted by Gasteiger charge is 2.35. The molecule has 5 nitrogen and oxygen atoms in total. The third-order valence-electron chi connectivity index (χ3n) is 5.36. The Morgan fingerprint density at radius 1 is 1.24 bits per heavy atom. The molecule has 4 rings (SSSR count). The largest absolute Gasteiger partial charge is 0.337 e. The van der Waals surface area contributed by atoms with Crippen LogP contribution in [-0.2, 0) is 4.79 Å². The number of carbonyl (C=O) groups excluding carboxylic acids is 1. The number of thiophene rings is 1. The predicted octanol–water partition coefficient (Wildman–Crippen LogP) is 5.18. The Kier molecular flexibility index (Phi) is 5.84. The first-order valence-electron chi connectivity index (χ1n) is 9.79. The van der Waals surface area contributed by atoms with Gasteiger partial charge in [-0.3, -0.25) is 4.79 Å². The maximum Gasteiger partial charge on any atom is 0.234 e. The Morgan fingerprint density at radius 3 is 2.72 bits per heavy atom. The highest BCUT2D eigenvalue weighted by molar-refractivity contribution is 8.00. The minimum atomic E-state index is -0.720. The molecule has 7 heteroatoms. The third-order valence-corrected chi connectivity index (χ3v) is 7.35. The summed E-state index contributed by atoms with van der Waals surface area (Å²) in [6.45, 7) is 1.87. The molecule has 1 aliphatic rings. The quantitative estimate of drug-likeness (QED) is 0.453. The first-order valence-corrected chi connectivity index (χ1v) is 11.6. The van der Waals surface area contributed by atoms with E-state index < -0.39 is 5.54 Å². The van der Waals surface area contributed by atoms with Crippen LogP contribution in [0.4, 0.5) is 0 Å². The number of aromatic nitrogens is 2. The summed E-state index contributed by atoms with van der Waals surface area (Å²) in [4.78, 5) is 22.7. The van der Waals surface area contributed by atoms with Gasteiger partial charge in [0.2, 0.25) is 5.91 Å². The van der Waals surface area contributed by atoms with Crippen LogP contribution in [0, 0.1) is 11.3 Å². The Morgan fingerprint density at radius 2 is 2.00 bits per heavy atom. The Balaban J connectivity index is 1.58. The van der Waals surface area contributed by atoms with Crippen LogP contribution in [0.1, 0.15) is 39.0 Å². The molecular formula is C22H22N4OS2. The molecule has 0 saturated heterocycles. The summed E-state index contributed by atoms with van der Waals surface area (Å²) < 4.78 is 0. The summed E-state index contributed by atoms with van der Waals surface area (Å²) in [5, 5.41) is 16.2. The Bertz CT molecular complexity index is 1050. The van der Waals surface area contributed by atoms with Crippen LogP contribution in [-0.4, -0.2) is 26.7 Å². The molecule has 1 aromatic carbocycles. The van der Waals surface area contributed by atoms with Crippen molar-refractivity contribution in [2.75, 3.05) is 0 Å². The van der Waals surface area contributed by atoms with Crippen LogP contribution in [0.3, 0.4) is 0 Å². The van der Waals surface area contributed by atoms with Crippen molar-refractivity contribution in [1.82, 2.24) is 15.3 Å². The van der Waals surface area contributed by atoms with E-state index in [0.29, 0.717) is 0 Å². The minimum Gasteiger partial charge on any atom is -0.337 e. The van der Waals surface area contributed by atoms with Gasteiger partial charge >= 0.3 is 0 Å². The number of nitrogens with one attached hydrogen (secondary N) is 1. The summed E-state index contributed by atoms with van der Waals surface area (Å²) in [6.07, 6.45) is 6.11. The van der Waals surface area contributed by atoms with Gasteiger partial charge in [0.15, 0.2) is 0 Å². The number of benzene rings is 1. The van der Waals surface area contributed by atoms with Gasteiger partial charge in [-0.2, -0.15) is 5.26 Å². The van der Waals surface area contributed by atoms with Gasteiger partial charge in [0, 0.05) is 10.9 Å². The van der Waals surface area contributed by atoms with Gasteiger partial charge < -0.3 is 5.32 Å². The summed E-state index contributed by atoms with van der Waals surface area (Å²) in [6, 6.07) is 12.5. The van der Waals surface area contributed by atoms with Crippen LogP contribution in [0.5, 0.6) is 0 Å². The molecule has 1 amide bonds. The van der Waals surface area contributed by atoms with E-state index in [-0.39, 0.29) is 11.2 Å². The molecule has 0 spiro atoms. The van der Waals surface area contributed by atoms with Crippen LogP contribution < -0.4 is 5.32 Å². The van der Waals surface area contributed by atoms with E-state index in [1.165, 1.54) is 11.8 Å². The molecule has 1 aliphatic carbocycles. The van der Waals surface area contributed by atoms with E-state index in [1.54, 1.807) is 17.7 Å². The lowest BCUT2D eigenvalue weighted by Crippen LogP contribution is -2.50. The second-order valence-corrected chi connectivity index (χ2v) is 9.57. The van der Waals surface area contributed by atoms with Gasteiger partial charge in [-0.15, -0.1) is 11.3 Å². The number of hydrogen-bond donors (Lipinski definition) is 1. The van der Waals surface area contributed by atoms with E-state index in [2.05, 4.69) is 38.9 Å². The molecule has 0 bridgehead atoms. The smallest absolute Gasteiger partial charge is 0.234 e. The van der Waals surface area contributed by atoms with E-state index in [0.717, 1.165) is 58.5 Å². The standard InChI is InChI=1S/C22H22N4OS2/c1-15(19(27)26-22(13-23)10-6-3-7-11-22)29-21-18-17(16-8-4-2-5-9-16)12-28-20(18)24-14-25-21/h2,4-5,8-9,12,14-15H,3,6-7,10-11H2,1H3,(H,26,27)/t15-/m1/s1. The Hall–Kier alpha value is -2.43. The van der Waals surface area contributed by atoms with Crippen LogP contribution in [0.25, 0.3) is 21.3 Å². The maximum absolute atomic E-state index is 12.9. The van der Waals surface area contributed by atoms with Gasteiger partial charge in [0.1, 0.15) is 21.7 Å². The fraction of sp³-hybridized carbons (Fsp3) is 0.364. The van der Waals surface area contributed by atoms with Gasteiger partial charge in [-0.25, -0.2) is 9.97 Å². The molecule has 2 heterocycles. The van der Waals surface area contributed by atoms with Crippen LogP contribution in [0.15, 0.2) is 47.1 Å². The average molecular weight is 423 g/mol. The maximum atomic E-state index is 12.9. The molecule has 1 atom stereocenters. The molecule has 0 aliphatic heterocycles. The lowest BCUT2D eigenvalue weighted by atomic mass is 9.83. The second kappa shape index (κ2) is 8.52. The average Bonchev–Trinajstić information content (AvgIpc) is 3.20. The van der Waals surface area contributed by atoms with Gasteiger partial charge in [0.05, 0.1) is 16.7 Å². The fourth-order valence-corrected chi connectivity index (χ4v) is 5.66. The van der Waals surface area contributed by atoms with E-state index in [9.17, 15) is 10.1 Å². The highest BCUT2D eigenvalue weighted by Crippen LogP contribution is 2.39. The molecule has 0 unspecified atom stereocenters. The molecule has 3 aromatic rings. The van der Waals surface area contributed by atoms with E-state index >= 15 is 0 Å². The van der Waals surface area contributed by atoms with Crippen LogP contribution >= 0.6 is 23.1 Å². The third kappa shape index (κ3) is 4.14. The fourth-order valence-electron chi connectivity index (χ4n) is 3.75. The number of hydrogen-bond acceptors (Lipinski definition) is 6. The zero-order valence-corrected chi connectivity index (χ0v) is 17.9. The number of fused-ring (bicyclic) bond motifs is 1. The first kappa shape index (κ1) is 19.9. The van der Waals surface area contributed by atoms with Crippen molar-refractivity contribution in [3.8, 4) is 17.2 Å². The summed E-state index contributed by atoms with van der Waals surface area (Å²) in [7, 11) is 0. The van der Waals surface area contributed by atoms with Gasteiger partial charge in [-0.1, -0.05) is 61.4 Å². The highest BCUT2D eigenvalue weighted by atomic mass is 32.2. The molecule has 29 heavy (non-hydrogen) atoms. The zero-order chi connectivity index (χ0) is 20.3. The summed E-state index contributed by atoms with van der Waals surface area (Å²) in [5.41, 5.74) is 1.48. The van der Waals surface area contributed by atoms with Crippen molar-refractivity contribution in [3.63, 3.8) is 0 Å². The number of rotatable bonds is 5. The monoisotopic (exact) mass is 422 g/mol. The number of thioether (sulfide) groups is 1. The number of carbonyl (C=O) groups is 1. The van der Waals surface area contributed by atoms with Crippen molar-refractivity contribution in [2.24, 2.45) is 0 Å². The van der Waals surface area contributed by atoms with Gasteiger partial charge in [-0.05, 0) is 25.3 Å². The number of amides is 1. The normalized spacial score (nSPS) is 16.8. The zero-order valence-electron chi connectivity index (χ0n) is 16.2. The SMILES string of the molecule is C[C@@H](Sc1ncnc2scc(-c3ccccc3)c12)C(=O)NC1(C#N)CCCCC1. The molecule has 1 fully saturated rings. The lowest BCUT2D eigenvalue weighted by molar-refractivity contribution is -0.121. The van der Waals surface area contributed by atoms with Crippen molar-refractivity contribution in [1.29, 1.82) is 5.26 Å². The predicted molar refractivity (Wildman–Crippen MR) is 118 cm³/mol. The van der Waals surface area contributed by atoms with E-state index in [4.69, 9.17) is 0 Å².